The minimum Gasteiger partial charge on any atom is -0.506 e. The minimum absolute atomic E-state index is 0.0674. The summed E-state index contributed by atoms with van der Waals surface area (Å²) < 4.78 is 0. The van der Waals surface area contributed by atoms with Crippen LogP contribution in [-0.2, 0) is 10.2 Å². The van der Waals surface area contributed by atoms with Gasteiger partial charge >= 0.3 is 0 Å². The fourth-order valence-corrected chi connectivity index (χ4v) is 3.32. The van der Waals surface area contributed by atoms with E-state index in [9.17, 15) is 9.90 Å². The molecule has 6 nitrogen and oxygen atoms in total. The first-order valence-corrected chi connectivity index (χ1v) is 9.50. The first kappa shape index (κ1) is 19.4. The normalized spacial score (nSPS) is 17.6. The van der Waals surface area contributed by atoms with Gasteiger partial charge in [-0.2, -0.15) is 0 Å². The molecule has 7 heteroatoms. The van der Waals surface area contributed by atoms with E-state index in [1.54, 1.807) is 12.1 Å². The number of hydrogen-bond acceptors (Lipinski definition) is 5. The number of amides is 1. The van der Waals surface area contributed by atoms with Gasteiger partial charge in [-0.3, -0.25) is 4.79 Å². The number of carbonyl (C=O) groups excluding carboxylic acids is 1. The molecule has 144 valence electrons. The summed E-state index contributed by atoms with van der Waals surface area (Å²) >= 11 is 5.80. The number of aromatic nitrogens is 2. The average Bonchev–Trinajstić information content (AvgIpc) is 2.63. The summed E-state index contributed by atoms with van der Waals surface area (Å²) in [5.74, 6) is 0.513. The molecule has 27 heavy (non-hydrogen) atoms. The Morgan fingerprint density at radius 3 is 2.70 bits per heavy atom. The van der Waals surface area contributed by atoms with Gasteiger partial charge in [-0.05, 0) is 48.1 Å². The van der Waals surface area contributed by atoms with Crippen molar-refractivity contribution in [1.29, 1.82) is 0 Å². The molecule has 2 N–H and O–H groups in total. The van der Waals surface area contributed by atoms with Crippen LogP contribution in [0.15, 0.2) is 30.3 Å². The van der Waals surface area contributed by atoms with Gasteiger partial charge in [0.1, 0.15) is 5.75 Å². The molecule has 1 aliphatic rings. The van der Waals surface area contributed by atoms with Crippen LogP contribution in [0.25, 0.3) is 0 Å². The quantitative estimate of drug-likeness (QED) is 0.777. The highest BCUT2D eigenvalue weighted by Crippen LogP contribution is 2.31. The van der Waals surface area contributed by atoms with Crippen LogP contribution in [0.1, 0.15) is 39.2 Å². The topological polar surface area (TPSA) is 78.4 Å². The van der Waals surface area contributed by atoms with E-state index in [1.807, 2.05) is 23.1 Å². The standard InChI is InChI=1S/C20H25ClN4O2/c1-20(2,3)14-6-7-16(26)15(11-14)22-19(27)13-5-4-10-25(12-13)18-9-8-17(21)23-24-18/h6-9,11,13,26H,4-5,10,12H2,1-3H3,(H,22,27)/t13-/m0/s1. The van der Waals surface area contributed by atoms with Crippen molar-refractivity contribution in [2.75, 3.05) is 23.3 Å². The second-order valence-corrected chi connectivity index (χ2v) is 8.36. The molecule has 1 aromatic carbocycles. The van der Waals surface area contributed by atoms with Crippen molar-refractivity contribution in [3.8, 4) is 5.75 Å². The van der Waals surface area contributed by atoms with E-state index in [4.69, 9.17) is 11.6 Å². The van der Waals surface area contributed by atoms with Crippen molar-refractivity contribution in [3.05, 3.63) is 41.0 Å². The zero-order valence-electron chi connectivity index (χ0n) is 15.9. The number of piperidine rings is 1. The van der Waals surface area contributed by atoms with Crippen LogP contribution >= 0.6 is 11.6 Å². The van der Waals surface area contributed by atoms with Gasteiger partial charge in [-0.1, -0.05) is 38.4 Å². The van der Waals surface area contributed by atoms with Crippen LogP contribution in [0.5, 0.6) is 5.75 Å². The van der Waals surface area contributed by atoms with Gasteiger partial charge in [-0.15, -0.1) is 10.2 Å². The van der Waals surface area contributed by atoms with E-state index in [2.05, 4.69) is 36.3 Å². The lowest BCUT2D eigenvalue weighted by molar-refractivity contribution is -0.120. The highest BCUT2D eigenvalue weighted by Gasteiger charge is 2.27. The van der Waals surface area contributed by atoms with E-state index in [0.29, 0.717) is 17.4 Å². The number of phenols is 1. The first-order valence-electron chi connectivity index (χ1n) is 9.12. The van der Waals surface area contributed by atoms with E-state index in [1.165, 1.54) is 0 Å². The van der Waals surface area contributed by atoms with Gasteiger partial charge in [0.15, 0.2) is 11.0 Å². The maximum absolute atomic E-state index is 12.8. The Morgan fingerprint density at radius 1 is 1.26 bits per heavy atom. The van der Waals surface area contributed by atoms with Crippen molar-refractivity contribution in [2.24, 2.45) is 5.92 Å². The summed E-state index contributed by atoms with van der Waals surface area (Å²) in [6, 6.07) is 8.87. The second kappa shape index (κ2) is 7.72. The molecule has 0 unspecified atom stereocenters. The summed E-state index contributed by atoms with van der Waals surface area (Å²) in [4.78, 5) is 14.8. The van der Waals surface area contributed by atoms with Gasteiger partial charge in [0.25, 0.3) is 0 Å². The van der Waals surface area contributed by atoms with Crippen LogP contribution in [0.4, 0.5) is 11.5 Å². The molecule has 1 aliphatic heterocycles. The Labute approximate surface area is 164 Å². The monoisotopic (exact) mass is 388 g/mol. The number of halogens is 1. The van der Waals surface area contributed by atoms with Crippen LogP contribution in [-0.4, -0.2) is 34.3 Å². The highest BCUT2D eigenvalue weighted by atomic mass is 35.5. The molecule has 1 amide bonds. The van der Waals surface area contributed by atoms with Crippen molar-refractivity contribution in [1.82, 2.24) is 10.2 Å². The average molecular weight is 389 g/mol. The number of carbonyl (C=O) groups is 1. The molecule has 1 saturated heterocycles. The molecule has 0 spiro atoms. The molecule has 0 aliphatic carbocycles. The summed E-state index contributed by atoms with van der Waals surface area (Å²) in [7, 11) is 0. The highest BCUT2D eigenvalue weighted by molar-refractivity contribution is 6.29. The molecule has 2 heterocycles. The molecule has 3 rings (SSSR count). The van der Waals surface area contributed by atoms with Crippen LogP contribution in [0.3, 0.4) is 0 Å². The maximum Gasteiger partial charge on any atom is 0.229 e. The van der Waals surface area contributed by atoms with E-state index >= 15 is 0 Å². The number of hydrogen-bond donors (Lipinski definition) is 2. The third-order valence-corrected chi connectivity index (χ3v) is 5.06. The summed E-state index contributed by atoms with van der Waals surface area (Å²) in [5, 5.41) is 21.4. The Kier molecular flexibility index (Phi) is 5.56. The Hall–Kier alpha value is -2.34. The van der Waals surface area contributed by atoms with E-state index in [0.717, 1.165) is 30.8 Å². The van der Waals surface area contributed by atoms with Gasteiger partial charge in [0.05, 0.1) is 11.6 Å². The van der Waals surface area contributed by atoms with Crippen molar-refractivity contribution >= 4 is 29.0 Å². The lowest BCUT2D eigenvalue weighted by atomic mass is 9.86. The SMILES string of the molecule is CC(C)(C)c1ccc(O)c(NC(=O)[C@H]2CCCN(c3ccc(Cl)nn3)C2)c1. The van der Waals surface area contributed by atoms with Crippen LogP contribution in [0.2, 0.25) is 5.15 Å². The van der Waals surface area contributed by atoms with Crippen LogP contribution < -0.4 is 10.2 Å². The summed E-state index contributed by atoms with van der Waals surface area (Å²) in [5.41, 5.74) is 1.44. The van der Waals surface area contributed by atoms with Gasteiger partial charge in [0, 0.05) is 13.1 Å². The number of phenolic OH excluding ortho intramolecular Hbond substituents is 1. The molecule has 1 fully saturated rings. The fourth-order valence-electron chi connectivity index (χ4n) is 3.21. The second-order valence-electron chi connectivity index (χ2n) is 7.97. The van der Waals surface area contributed by atoms with Crippen LogP contribution in [0, 0.1) is 5.92 Å². The fraction of sp³-hybridized carbons (Fsp3) is 0.450. The number of aromatic hydroxyl groups is 1. The number of nitrogens with one attached hydrogen (secondary N) is 1. The summed E-state index contributed by atoms with van der Waals surface area (Å²) in [6.45, 7) is 7.66. The molecular formula is C20H25ClN4O2. The number of nitrogens with zero attached hydrogens (tertiary/aromatic N) is 3. The van der Waals surface area contributed by atoms with Gasteiger partial charge < -0.3 is 15.3 Å². The molecule has 1 aromatic heterocycles. The molecule has 1 atom stereocenters. The number of benzene rings is 1. The lowest BCUT2D eigenvalue weighted by Crippen LogP contribution is -2.41. The molecule has 2 aromatic rings. The van der Waals surface area contributed by atoms with E-state index < -0.39 is 0 Å². The summed E-state index contributed by atoms with van der Waals surface area (Å²) in [6.07, 6.45) is 1.68. The molecular weight excluding hydrogens is 364 g/mol. The Morgan fingerprint density at radius 2 is 2.04 bits per heavy atom. The third kappa shape index (κ3) is 4.69. The molecule has 0 radical (unpaired) electrons. The maximum atomic E-state index is 12.8. The van der Waals surface area contributed by atoms with Gasteiger partial charge in [-0.25, -0.2) is 0 Å². The Balaban J connectivity index is 1.71. The van der Waals surface area contributed by atoms with Crippen molar-refractivity contribution < 1.29 is 9.90 Å². The number of rotatable bonds is 3. The number of anilines is 2. The smallest absolute Gasteiger partial charge is 0.229 e. The lowest BCUT2D eigenvalue weighted by Gasteiger charge is -2.32. The van der Waals surface area contributed by atoms with Gasteiger partial charge in [0.2, 0.25) is 5.91 Å². The van der Waals surface area contributed by atoms with Crippen molar-refractivity contribution in [3.63, 3.8) is 0 Å². The molecule has 0 bridgehead atoms. The largest absolute Gasteiger partial charge is 0.506 e. The zero-order chi connectivity index (χ0) is 19.6. The van der Waals surface area contributed by atoms with E-state index in [-0.39, 0.29) is 23.0 Å². The zero-order valence-corrected chi connectivity index (χ0v) is 16.6. The minimum atomic E-state index is -0.186. The predicted octanol–water partition coefficient (Wildman–Crippen LogP) is 3.99. The molecule has 0 saturated carbocycles. The first-order chi connectivity index (χ1) is 12.7. The Bertz CT molecular complexity index is 818. The predicted molar refractivity (Wildman–Crippen MR) is 107 cm³/mol. The van der Waals surface area contributed by atoms with Crippen molar-refractivity contribution in [2.45, 2.75) is 39.0 Å². The third-order valence-electron chi connectivity index (χ3n) is 4.85.